The van der Waals surface area contributed by atoms with Crippen LogP contribution in [0, 0.1) is 0 Å². The molecular formula is C15H22N2O5. The fourth-order valence-electron chi connectivity index (χ4n) is 2.50. The van der Waals surface area contributed by atoms with Crippen LogP contribution in [0.25, 0.3) is 0 Å². The first-order valence-electron chi connectivity index (χ1n) is 7.15. The van der Waals surface area contributed by atoms with Gasteiger partial charge in [0.2, 0.25) is 5.91 Å². The normalized spacial score (nSPS) is 31.7. The van der Waals surface area contributed by atoms with Crippen molar-refractivity contribution < 1.29 is 24.5 Å². The SMILES string of the molecule is CC(=O)NC1C(O)OC(CO)C(N)C1OCc1ccccc1. The minimum Gasteiger partial charge on any atom is -0.394 e. The summed E-state index contributed by atoms with van der Waals surface area (Å²) in [5.41, 5.74) is 7.00. The first kappa shape index (κ1) is 16.9. The number of ether oxygens (including phenoxy) is 2. The van der Waals surface area contributed by atoms with Crippen molar-refractivity contribution in [3.05, 3.63) is 35.9 Å². The van der Waals surface area contributed by atoms with Crippen LogP contribution in [0.3, 0.4) is 0 Å². The Bertz CT molecular complexity index is 484. The molecule has 5 N–H and O–H groups in total. The molecule has 0 spiro atoms. The Morgan fingerprint density at radius 3 is 2.68 bits per heavy atom. The van der Waals surface area contributed by atoms with E-state index in [0.717, 1.165) is 5.56 Å². The summed E-state index contributed by atoms with van der Waals surface area (Å²) in [6, 6.07) is 8.01. The Labute approximate surface area is 129 Å². The van der Waals surface area contributed by atoms with Gasteiger partial charge in [0.05, 0.1) is 19.3 Å². The lowest BCUT2D eigenvalue weighted by molar-refractivity contribution is -0.231. The molecule has 1 aliphatic heterocycles. The van der Waals surface area contributed by atoms with Crippen LogP contribution in [0.4, 0.5) is 0 Å². The van der Waals surface area contributed by atoms with Crippen molar-refractivity contribution in [1.82, 2.24) is 5.32 Å². The number of aliphatic hydroxyl groups excluding tert-OH is 2. The summed E-state index contributed by atoms with van der Waals surface area (Å²) in [5.74, 6) is -0.324. The molecular weight excluding hydrogens is 288 g/mol. The Morgan fingerprint density at radius 1 is 1.41 bits per heavy atom. The van der Waals surface area contributed by atoms with Gasteiger partial charge >= 0.3 is 0 Å². The number of amides is 1. The second-order valence-electron chi connectivity index (χ2n) is 5.31. The van der Waals surface area contributed by atoms with E-state index in [4.69, 9.17) is 15.2 Å². The van der Waals surface area contributed by atoms with E-state index in [9.17, 15) is 15.0 Å². The van der Waals surface area contributed by atoms with Crippen LogP contribution >= 0.6 is 0 Å². The number of nitrogens with one attached hydrogen (secondary N) is 1. The van der Waals surface area contributed by atoms with Gasteiger partial charge in [-0.25, -0.2) is 0 Å². The van der Waals surface area contributed by atoms with Gasteiger partial charge in [-0.3, -0.25) is 4.79 Å². The zero-order valence-corrected chi connectivity index (χ0v) is 12.4. The highest BCUT2D eigenvalue weighted by Crippen LogP contribution is 2.22. The highest BCUT2D eigenvalue weighted by molar-refractivity contribution is 5.73. The number of carbonyl (C=O) groups is 1. The van der Waals surface area contributed by atoms with Crippen molar-refractivity contribution in [2.45, 2.75) is 44.1 Å². The quantitative estimate of drug-likeness (QED) is 0.561. The van der Waals surface area contributed by atoms with E-state index in [0.29, 0.717) is 0 Å². The standard InChI is InChI=1S/C15H22N2O5/c1-9(19)17-13-14(12(16)11(7-18)22-15(13)20)21-8-10-5-3-2-4-6-10/h2-6,11-15,18,20H,7-8,16H2,1H3,(H,17,19). The third kappa shape index (κ3) is 4.02. The van der Waals surface area contributed by atoms with Crippen molar-refractivity contribution in [2.75, 3.05) is 6.61 Å². The third-order valence-electron chi connectivity index (χ3n) is 3.62. The molecule has 2 rings (SSSR count). The van der Waals surface area contributed by atoms with Crippen molar-refractivity contribution in [2.24, 2.45) is 5.73 Å². The van der Waals surface area contributed by atoms with Gasteiger partial charge in [-0.15, -0.1) is 0 Å². The van der Waals surface area contributed by atoms with E-state index in [1.54, 1.807) is 0 Å². The van der Waals surface area contributed by atoms with Gasteiger partial charge in [0, 0.05) is 6.92 Å². The highest BCUT2D eigenvalue weighted by atomic mass is 16.6. The topological polar surface area (TPSA) is 114 Å². The number of nitrogens with two attached hydrogens (primary N) is 1. The Hall–Kier alpha value is -1.51. The number of aliphatic hydroxyl groups is 2. The molecule has 1 aliphatic rings. The van der Waals surface area contributed by atoms with Gasteiger partial charge in [0.25, 0.3) is 0 Å². The largest absolute Gasteiger partial charge is 0.394 e. The molecule has 1 aromatic carbocycles. The number of hydrogen-bond donors (Lipinski definition) is 4. The minimum absolute atomic E-state index is 0.278. The lowest BCUT2D eigenvalue weighted by Crippen LogP contribution is -2.67. The molecule has 0 aliphatic carbocycles. The summed E-state index contributed by atoms with van der Waals surface area (Å²) < 4.78 is 11.0. The molecule has 0 saturated carbocycles. The van der Waals surface area contributed by atoms with Crippen molar-refractivity contribution >= 4 is 5.91 Å². The summed E-state index contributed by atoms with van der Waals surface area (Å²) in [5, 5.41) is 21.9. The summed E-state index contributed by atoms with van der Waals surface area (Å²) >= 11 is 0. The molecule has 5 atom stereocenters. The summed E-state index contributed by atoms with van der Waals surface area (Å²) in [6.07, 6.45) is -2.72. The van der Waals surface area contributed by atoms with Crippen LogP contribution in [0.15, 0.2) is 30.3 Å². The molecule has 1 heterocycles. The monoisotopic (exact) mass is 310 g/mol. The molecule has 7 nitrogen and oxygen atoms in total. The Balaban J connectivity index is 2.10. The van der Waals surface area contributed by atoms with E-state index >= 15 is 0 Å². The smallest absolute Gasteiger partial charge is 0.217 e. The van der Waals surface area contributed by atoms with Crippen molar-refractivity contribution in [1.29, 1.82) is 0 Å². The van der Waals surface area contributed by atoms with Gasteiger partial charge in [0.15, 0.2) is 6.29 Å². The molecule has 22 heavy (non-hydrogen) atoms. The second-order valence-corrected chi connectivity index (χ2v) is 5.31. The average molecular weight is 310 g/mol. The number of benzene rings is 1. The van der Waals surface area contributed by atoms with E-state index in [-0.39, 0.29) is 19.1 Å². The van der Waals surface area contributed by atoms with Gasteiger partial charge in [-0.2, -0.15) is 0 Å². The highest BCUT2D eigenvalue weighted by Gasteiger charge is 2.44. The molecule has 1 saturated heterocycles. The zero-order chi connectivity index (χ0) is 16.1. The van der Waals surface area contributed by atoms with Crippen LogP contribution in [-0.2, 0) is 20.9 Å². The van der Waals surface area contributed by atoms with E-state index in [1.165, 1.54) is 6.92 Å². The number of rotatable bonds is 5. The molecule has 7 heteroatoms. The first-order valence-corrected chi connectivity index (χ1v) is 7.15. The molecule has 1 aromatic rings. The average Bonchev–Trinajstić information content (AvgIpc) is 2.50. The fourth-order valence-corrected chi connectivity index (χ4v) is 2.50. The predicted octanol–water partition coefficient (Wildman–Crippen LogP) is -0.887. The molecule has 0 radical (unpaired) electrons. The van der Waals surface area contributed by atoms with Crippen LogP contribution in [0.5, 0.6) is 0 Å². The predicted molar refractivity (Wildman–Crippen MR) is 78.6 cm³/mol. The Morgan fingerprint density at radius 2 is 2.09 bits per heavy atom. The molecule has 0 aromatic heterocycles. The van der Waals surface area contributed by atoms with Gasteiger partial charge in [-0.05, 0) is 5.56 Å². The van der Waals surface area contributed by atoms with Crippen LogP contribution in [0.1, 0.15) is 12.5 Å². The van der Waals surface area contributed by atoms with Crippen LogP contribution in [-0.4, -0.2) is 53.3 Å². The van der Waals surface area contributed by atoms with Crippen LogP contribution < -0.4 is 11.1 Å². The molecule has 1 amide bonds. The summed E-state index contributed by atoms with van der Waals surface area (Å²) in [4.78, 5) is 11.3. The molecule has 1 fully saturated rings. The van der Waals surface area contributed by atoms with Gasteiger partial charge in [0.1, 0.15) is 18.2 Å². The first-order chi connectivity index (χ1) is 10.5. The lowest BCUT2D eigenvalue weighted by Gasteiger charge is -2.43. The maximum absolute atomic E-state index is 11.3. The third-order valence-corrected chi connectivity index (χ3v) is 3.62. The van der Waals surface area contributed by atoms with E-state index in [2.05, 4.69) is 5.32 Å². The maximum Gasteiger partial charge on any atom is 0.217 e. The number of carbonyl (C=O) groups excluding carboxylic acids is 1. The zero-order valence-electron chi connectivity index (χ0n) is 12.4. The minimum atomic E-state index is -1.29. The van der Waals surface area contributed by atoms with Gasteiger partial charge < -0.3 is 30.7 Å². The number of hydrogen-bond acceptors (Lipinski definition) is 6. The van der Waals surface area contributed by atoms with Crippen molar-refractivity contribution in [3.8, 4) is 0 Å². The van der Waals surface area contributed by atoms with Gasteiger partial charge in [-0.1, -0.05) is 30.3 Å². The fraction of sp³-hybridized carbons (Fsp3) is 0.533. The molecule has 122 valence electrons. The summed E-state index contributed by atoms with van der Waals surface area (Å²) in [6.45, 7) is 1.28. The van der Waals surface area contributed by atoms with Crippen LogP contribution in [0.2, 0.25) is 0 Å². The maximum atomic E-state index is 11.3. The Kier molecular flexibility index (Phi) is 5.87. The molecule has 0 bridgehead atoms. The van der Waals surface area contributed by atoms with E-state index < -0.39 is 30.6 Å². The second kappa shape index (κ2) is 7.66. The molecule has 5 unspecified atom stereocenters. The lowest BCUT2D eigenvalue weighted by atomic mass is 9.95. The van der Waals surface area contributed by atoms with Crippen molar-refractivity contribution in [3.63, 3.8) is 0 Å². The summed E-state index contributed by atoms with van der Waals surface area (Å²) in [7, 11) is 0. The van der Waals surface area contributed by atoms with E-state index in [1.807, 2.05) is 30.3 Å².